The lowest BCUT2D eigenvalue weighted by molar-refractivity contribution is 0.397. The molecule has 1 aromatic carbocycles. The fourth-order valence-corrected chi connectivity index (χ4v) is 2.89. The van der Waals surface area contributed by atoms with Gasteiger partial charge < -0.3 is 5.73 Å². The first-order chi connectivity index (χ1) is 8.34. The first-order valence-electron chi connectivity index (χ1n) is 6.44. The number of benzene rings is 1. The van der Waals surface area contributed by atoms with E-state index in [4.69, 9.17) is 5.73 Å². The second-order valence-electron chi connectivity index (χ2n) is 5.03. The first kappa shape index (κ1) is 10.7. The maximum Gasteiger partial charge on any atom is 0.0736 e. The van der Waals surface area contributed by atoms with Crippen LogP contribution in [-0.2, 0) is 0 Å². The molecule has 1 fully saturated rings. The fraction of sp³-hybridized carbons (Fsp3) is 0.400. The molecule has 17 heavy (non-hydrogen) atoms. The van der Waals surface area contributed by atoms with Crippen LogP contribution in [0, 0.1) is 0 Å². The number of nitrogens with two attached hydrogens (primary N) is 1. The third-order valence-electron chi connectivity index (χ3n) is 3.88. The number of aromatic nitrogens is 1. The van der Waals surface area contributed by atoms with Crippen LogP contribution in [0.3, 0.4) is 0 Å². The van der Waals surface area contributed by atoms with E-state index in [1.54, 1.807) is 0 Å². The number of hydrogen-bond acceptors (Lipinski definition) is 2. The Morgan fingerprint density at radius 2 is 1.76 bits per heavy atom. The normalized spacial score (nSPS) is 25.0. The van der Waals surface area contributed by atoms with E-state index in [2.05, 4.69) is 29.2 Å². The molecule has 0 amide bonds. The minimum absolute atomic E-state index is 0.411. The molecule has 0 aliphatic heterocycles. The van der Waals surface area contributed by atoms with Gasteiger partial charge in [-0.3, -0.25) is 4.98 Å². The molecule has 1 aliphatic rings. The number of rotatable bonds is 1. The van der Waals surface area contributed by atoms with Gasteiger partial charge in [-0.2, -0.15) is 0 Å². The standard InChI is InChI=1S/C15H18N2/c16-13-8-6-11(7-9-13)14-5-1-3-12-4-2-10-17-15(12)14/h1-5,10-11,13H,6-9,16H2. The molecule has 2 aromatic rings. The summed E-state index contributed by atoms with van der Waals surface area (Å²) in [5.41, 5.74) is 8.56. The summed E-state index contributed by atoms with van der Waals surface area (Å²) < 4.78 is 0. The maximum atomic E-state index is 5.97. The minimum atomic E-state index is 0.411. The summed E-state index contributed by atoms with van der Waals surface area (Å²) in [6.07, 6.45) is 6.59. The SMILES string of the molecule is NC1CCC(c2cccc3cccnc23)CC1. The summed E-state index contributed by atoms with van der Waals surface area (Å²) >= 11 is 0. The zero-order chi connectivity index (χ0) is 11.7. The Balaban J connectivity index is 2.00. The lowest BCUT2D eigenvalue weighted by atomic mass is 9.81. The zero-order valence-corrected chi connectivity index (χ0v) is 9.97. The number of nitrogens with zero attached hydrogens (tertiary/aromatic N) is 1. The molecular weight excluding hydrogens is 208 g/mol. The number of pyridine rings is 1. The van der Waals surface area contributed by atoms with E-state index in [1.165, 1.54) is 29.3 Å². The predicted octanol–water partition coefficient (Wildman–Crippen LogP) is 3.22. The van der Waals surface area contributed by atoms with Gasteiger partial charge in [0.1, 0.15) is 0 Å². The topological polar surface area (TPSA) is 38.9 Å². The van der Waals surface area contributed by atoms with Gasteiger partial charge in [-0.25, -0.2) is 0 Å². The lowest BCUT2D eigenvalue weighted by Crippen LogP contribution is -2.25. The molecule has 0 atom stereocenters. The second kappa shape index (κ2) is 4.46. The van der Waals surface area contributed by atoms with E-state index in [0.29, 0.717) is 12.0 Å². The van der Waals surface area contributed by atoms with Gasteiger partial charge >= 0.3 is 0 Å². The van der Waals surface area contributed by atoms with E-state index >= 15 is 0 Å². The van der Waals surface area contributed by atoms with Crippen molar-refractivity contribution in [2.45, 2.75) is 37.6 Å². The zero-order valence-electron chi connectivity index (χ0n) is 9.97. The molecule has 88 valence electrons. The Kier molecular flexibility index (Phi) is 2.81. The van der Waals surface area contributed by atoms with E-state index in [1.807, 2.05) is 12.3 Å². The third-order valence-corrected chi connectivity index (χ3v) is 3.88. The highest BCUT2D eigenvalue weighted by atomic mass is 14.7. The van der Waals surface area contributed by atoms with Crippen molar-refractivity contribution >= 4 is 10.9 Å². The van der Waals surface area contributed by atoms with E-state index < -0.39 is 0 Å². The molecule has 0 spiro atoms. The molecule has 1 saturated carbocycles. The Labute approximate surface area is 102 Å². The molecule has 2 N–H and O–H groups in total. The van der Waals surface area contributed by atoms with Crippen molar-refractivity contribution in [2.24, 2.45) is 5.73 Å². The van der Waals surface area contributed by atoms with Crippen molar-refractivity contribution in [1.29, 1.82) is 0 Å². The smallest absolute Gasteiger partial charge is 0.0736 e. The van der Waals surface area contributed by atoms with Crippen LogP contribution in [0.15, 0.2) is 36.5 Å². The van der Waals surface area contributed by atoms with E-state index in [0.717, 1.165) is 12.8 Å². The Morgan fingerprint density at radius 1 is 1.00 bits per heavy atom. The van der Waals surface area contributed by atoms with Gasteiger partial charge in [0.2, 0.25) is 0 Å². The van der Waals surface area contributed by atoms with E-state index in [-0.39, 0.29) is 0 Å². The van der Waals surface area contributed by atoms with Gasteiger partial charge in [0, 0.05) is 17.6 Å². The number of fused-ring (bicyclic) bond motifs is 1. The summed E-state index contributed by atoms with van der Waals surface area (Å²) in [6, 6.07) is 11.1. The quantitative estimate of drug-likeness (QED) is 0.811. The molecule has 0 unspecified atom stereocenters. The summed E-state index contributed by atoms with van der Waals surface area (Å²) in [5.74, 6) is 0.647. The summed E-state index contributed by atoms with van der Waals surface area (Å²) in [5, 5.41) is 1.25. The summed E-state index contributed by atoms with van der Waals surface area (Å²) in [4.78, 5) is 4.54. The van der Waals surface area contributed by atoms with Crippen molar-refractivity contribution in [2.75, 3.05) is 0 Å². The molecule has 1 heterocycles. The molecule has 1 aliphatic carbocycles. The minimum Gasteiger partial charge on any atom is -0.328 e. The van der Waals surface area contributed by atoms with E-state index in [9.17, 15) is 0 Å². The summed E-state index contributed by atoms with van der Waals surface area (Å²) in [7, 11) is 0. The number of hydrogen-bond donors (Lipinski definition) is 1. The van der Waals surface area contributed by atoms with Crippen molar-refractivity contribution in [1.82, 2.24) is 4.98 Å². The molecule has 0 bridgehead atoms. The highest BCUT2D eigenvalue weighted by molar-refractivity contribution is 5.82. The largest absolute Gasteiger partial charge is 0.328 e. The predicted molar refractivity (Wildman–Crippen MR) is 70.9 cm³/mol. The van der Waals surface area contributed by atoms with Crippen LogP contribution in [0.4, 0.5) is 0 Å². The van der Waals surface area contributed by atoms with Gasteiger partial charge in [0.15, 0.2) is 0 Å². The van der Waals surface area contributed by atoms with Crippen molar-refractivity contribution in [3.05, 3.63) is 42.1 Å². The van der Waals surface area contributed by atoms with Crippen LogP contribution in [0.25, 0.3) is 10.9 Å². The fourth-order valence-electron chi connectivity index (χ4n) is 2.89. The Hall–Kier alpha value is -1.41. The van der Waals surface area contributed by atoms with Crippen LogP contribution >= 0.6 is 0 Å². The van der Waals surface area contributed by atoms with Crippen LogP contribution in [0.5, 0.6) is 0 Å². The monoisotopic (exact) mass is 226 g/mol. The lowest BCUT2D eigenvalue weighted by Gasteiger charge is -2.26. The highest BCUT2D eigenvalue weighted by Gasteiger charge is 2.21. The third kappa shape index (κ3) is 2.05. The van der Waals surface area contributed by atoms with Crippen LogP contribution in [0.1, 0.15) is 37.2 Å². The van der Waals surface area contributed by atoms with Crippen molar-refractivity contribution in [3.63, 3.8) is 0 Å². The van der Waals surface area contributed by atoms with Crippen molar-refractivity contribution in [3.8, 4) is 0 Å². The maximum absolute atomic E-state index is 5.97. The first-order valence-corrected chi connectivity index (χ1v) is 6.44. The molecule has 0 saturated heterocycles. The van der Waals surface area contributed by atoms with Gasteiger partial charge in [0.25, 0.3) is 0 Å². The molecule has 2 nitrogen and oxygen atoms in total. The number of para-hydroxylation sites is 1. The van der Waals surface area contributed by atoms with Crippen molar-refractivity contribution < 1.29 is 0 Å². The summed E-state index contributed by atoms with van der Waals surface area (Å²) in [6.45, 7) is 0. The molecule has 1 aromatic heterocycles. The van der Waals surface area contributed by atoms with Gasteiger partial charge in [0.05, 0.1) is 5.52 Å². The molecule has 3 rings (SSSR count). The van der Waals surface area contributed by atoms with Crippen LogP contribution < -0.4 is 5.73 Å². The molecule has 2 heteroatoms. The van der Waals surface area contributed by atoms with Crippen LogP contribution in [-0.4, -0.2) is 11.0 Å². The van der Waals surface area contributed by atoms with Gasteiger partial charge in [-0.05, 0) is 43.2 Å². The highest BCUT2D eigenvalue weighted by Crippen LogP contribution is 2.35. The molecule has 0 radical (unpaired) electrons. The van der Waals surface area contributed by atoms with Gasteiger partial charge in [-0.15, -0.1) is 0 Å². The average molecular weight is 226 g/mol. The Bertz CT molecular complexity index is 508. The van der Waals surface area contributed by atoms with Gasteiger partial charge in [-0.1, -0.05) is 24.3 Å². The molecular formula is C15H18N2. The average Bonchev–Trinajstić information content (AvgIpc) is 2.39. The Morgan fingerprint density at radius 3 is 2.59 bits per heavy atom. The van der Waals surface area contributed by atoms with Crippen LogP contribution in [0.2, 0.25) is 0 Å². The second-order valence-corrected chi connectivity index (χ2v) is 5.03.